The molecule has 0 heterocycles. The molecule has 7 nitrogen and oxygen atoms in total. The Kier molecular flexibility index (Phi) is 10.8. The van der Waals surface area contributed by atoms with Gasteiger partial charge in [-0.25, -0.2) is 12.7 Å². The topological polar surface area (TPSA) is 86.8 Å². The highest BCUT2D eigenvalue weighted by atomic mass is 35.5. The Morgan fingerprint density at radius 1 is 1.05 bits per heavy atom. The van der Waals surface area contributed by atoms with E-state index in [1.807, 2.05) is 6.92 Å². The fraction of sp³-hybridized carbons (Fsp3) is 0.481. The summed E-state index contributed by atoms with van der Waals surface area (Å²) in [6.45, 7) is 2.26. The molecule has 1 aliphatic carbocycles. The van der Waals surface area contributed by atoms with Crippen LogP contribution >= 0.6 is 23.2 Å². The second-order valence-corrected chi connectivity index (χ2v) is 12.3. The molecular weight excluding hydrogens is 533 g/mol. The first-order valence-corrected chi connectivity index (χ1v) is 14.9. The summed E-state index contributed by atoms with van der Waals surface area (Å²) in [4.78, 5) is 28.5. The normalized spacial score (nSPS) is 15.1. The van der Waals surface area contributed by atoms with Crippen LogP contribution in [0.2, 0.25) is 10.0 Å². The molecule has 0 aliphatic heterocycles. The van der Waals surface area contributed by atoms with Crippen molar-refractivity contribution in [2.45, 2.75) is 75.4 Å². The zero-order valence-electron chi connectivity index (χ0n) is 21.3. The number of nitrogens with one attached hydrogen (secondary N) is 1. The quantitative estimate of drug-likeness (QED) is 0.379. The van der Waals surface area contributed by atoms with Crippen LogP contribution in [0.25, 0.3) is 0 Å². The molecule has 0 spiro atoms. The number of rotatable bonds is 12. The molecule has 0 unspecified atom stereocenters. The third-order valence-corrected chi connectivity index (χ3v) is 9.35. The Morgan fingerprint density at radius 2 is 1.73 bits per heavy atom. The van der Waals surface area contributed by atoms with Crippen molar-refractivity contribution >= 4 is 45.0 Å². The lowest BCUT2D eigenvalue weighted by molar-refractivity contribution is -0.141. The molecule has 0 aromatic heterocycles. The Balaban J connectivity index is 1.71. The molecule has 1 aliphatic rings. The second-order valence-electron chi connectivity index (χ2n) is 9.43. The van der Waals surface area contributed by atoms with Gasteiger partial charge in [0.2, 0.25) is 21.8 Å². The Hall–Kier alpha value is -2.13. The first kappa shape index (κ1) is 29.4. The molecule has 2 aromatic rings. The summed E-state index contributed by atoms with van der Waals surface area (Å²) >= 11 is 12.3. The second kappa shape index (κ2) is 13.6. The fourth-order valence-electron chi connectivity index (χ4n) is 4.61. The number of carbonyl (C=O) groups excluding carboxylic acids is 2. The number of amides is 2. The average Bonchev–Trinajstić information content (AvgIpc) is 3.39. The van der Waals surface area contributed by atoms with Crippen molar-refractivity contribution in [1.82, 2.24) is 14.5 Å². The maximum Gasteiger partial charge on any atom is 0.243 e. The van der Waals surface area contributed by atoms with Gasteiger partial charge in [-0.1, -0.05) is 67.2 Å². The van der Waals surface area contributed by atoms with Crippen LogP contribution in [-0.4, -0.2) is 55.1 Å². The van der Waals surface area contributed by atoms with E-state index in [-0.39, 0.29) is 42.3 Å². The Bertz CT molecular complexity index is 1170. The van der Waals surface area contributed by atoms with Crippen molar-refractivity contribution in [3.63, 3.8) is 0 Å². The highest BCUT2D eigenvalue weighted by Crippen LogP contribution is 2.25. The third kappa shape index (κ3) is 7.93. The predicted octanol–water partition coefficient (Wildman–Crippen LogP) is 5.26. The summed E-state index contributed by atoms with van der Waals surface area (Å²) < 4.78 is 26.9. The van der Waals surface area contributed by atoms with Gasteiger partial charge < -0.3 is 10.2 Å². The molecule has 202 valence electrons. The van der Waals surface area contributed by atoms with Gasteiger partial charge in [0.15, 0.2) is 0 Å². The van der Waals surface area contributed by atoms with E-state index in [1.165, 1.54) is 11.4 Å². The molecule has 1 saturated carbocycles. The highest BCUT2D eigenvalue weighted by molar-refractivity contribution is 7.89. The molecule has 0 saturated heterocycles. The van der Waals surface area contributed by atoms with Crippen LogP contribution in [0, 0.1) is 0 Å². The van der Waals surface area contributed by atoms with Crippen LogP contribution in [0.15, 0.2) is 53.4 Å². The first-order valence-electron chi connectivity index (χ1n) is 12.7. The van der Waals surface area contributed by atoms with Crippen molar-refractivity contribution in [3.8, 4) is 0 Å². The minimum atomic E-state index is -3.65. The monoisotopic (exact) mass is 567 g/mol. The van der Waals surface area contributed by atoms with Crippen molar-refractivity contribution < 1.29 is 18.0 Å². The van der Waals surface area contributed by atoms with Gasteiger partial charge in [-0.05, 0) is 55.5 Å². The number of hydrogen-bond donors (Lipinski definition) is 1. The number of halogens is 2. The average molecular weight is 569 g/mol. The molecule has 2 amide bonds. The van der Waals surface area contributed by atoms with Gasteiger partial charge in [-0.2, -0.15) is 0 Å². The van der Waals surface area contributed by atoms with E-state index in [1.54, 1.807) is 53.4 Å². The number of nitrogens with zero attached hydrogens (tertiary/aromatic N) is 2. The molecule has 10 heteroatoms. The lowest BCUT2D eigenvalue weighted by atomic mass is 10.1. The van der Waals surface area contributed by atoms with Crippen LogP contribution in [0.1, 0.15) is 57.4 Å². The van der Waals surface area contributed by atoms with E-state index in [0.717, 1.165) is 31.2 Å². The Labute approximate surface area is 230 Å². The lowest BCUT2D eigenvalue weighted by Crippen LogP contribution is -2.51. The Morgan fingerprint density at radius 3 is 2.35 bits per heavy atom. The van der Waals surface area contributed by atoms with Gasteiger partial charge in [0.25, 0.3) is 0 Å². The van der Waals surface area contributed by atoms with Gasteiger partial charge >= 0.3 is 0 Å². The number of sulfonamides is 1. The largest absolute Gasteiger partial charge is 0.352 e. The molecule has 37 heavy (non-hydrogen) atoms. The SMILES string of the molecule is CC[C@H](C(=O)NC1CCCC1)N(Cc1ccc(Cl)c(Cl)c1)C(=O)CCCN(C)S(=O)(=O)c1ccccc1. The van der Waals surface area contributed by atoms with Crippen LogP contribution in [0.5, 0.6) is 0 Å². The maximum absolute atomic E-state index is 13.5. The molecule has 0 bridgehead atoms. The maximum atomic E-state index is 13.5. The van der Waals surface area contributed by atoms with Crippen LogP contribution in [0.4, 0.5) is 0 Å². The minimum absolute atomic E-state index is 0.100. The summed E-state index contributed by atoms with van der Waals surface area (Å²) in [6.07, 6.45) is 4.95. The van der Waals surface area contributed by atoms with Crippen LogP contribution in [0.3, 0.4) is 0 Å². The van der Waals surface area contributed by atoms with Crippen LogP contribution in [-0.2, 0) is 26.2 Å². The molecular formula is C27H35Cl2N3O4S. The standard InChI is InChI=1S/C27H35Cl2N3O4S/c1-3-25(27(34)30-21-10-7-8-11-21)32(19-20-15-16-23(28)24(29)18-20)26(33)14-9-17-31(2)37(35,36)22-12-5-4-6-13-22/h4-6,12-13,15-16,18,21,25H,3,7-11,14,17,19H2,1-2H3,(H,30,34)/t25-/m1/s1. The molecule has 1 fully saturated rings. The smallest absolute Gasteiger partial charge is 0.243 e. The van der Waals surface area contributed by atoms with E-state index in [2.05, 4.69) is 5.32 Å². The zero-order valence-corrected chi connectivity index (χ0v) is 23.7. The van der Waals surface area contributed by atoms with Crippen LogP contribution < -0.4 is 5.32 Å². The van der Waals surface area contributed by atoms with Gasteiger partial charge in [0.1, 0.15) is 6.04 Å². The van der Waals surface area contributed by atoms with Gasteiger partial charge in [-0.15, -0.1) is 0 Å². The number of hydrogen-bond acceptors (Lipinski definition) is 4. The van der Waals surface area contributed by atoms with Gasteiger partial charge in [-0.3, -0.25) is 9.59 Å². The summed E-state index contributed by atoms with van der Waals surface area (Å²) in [7, 11) is -2.14. The molecule has 2 aromatic carbocycles. The van der Waals surface area contributed by atoms with Crippen molar-refractivity contribution in [2.24, 2.45) is 0 Å². The van der Waals surface area contributed by atoms with Crippen molar-refractivity contribution in [3.05, 3.63) is 64.1 Å². The summed E-state index contributed by atoms with van der Waals surface area (Å²) in [5, 5.41) is 3.91. The molecule has 1 N–H and O–H groups in total. The number of benzene rings is 2. The number of carbonyl (C=O) groups is 2. The first-order chi connectivity index (χ1) is 17.6. The zero-order chi connectivity index (χ0) is 27.0. The lowest BCUT2D eigenvalue weighted by Gasteiger charge is -2.32. The highest BCUT2D eigenvalue weighted by Gasteiger charge is 2.31. The molecule has 0 radical (unpaired) electrons. The molecule has 1 atom stereocenters. The minimum Gasteiger partial charge on any atom is -0.352 e. The van der Waals surface area contributed by atoms with E-state index < -0.39 is 16.1 Å². The van der Waals surface area contributed by atoms with Crippen molar-refractivity contribution in [1.29, 1.82) is 0 Å². The fourth-order valence-corrected chi connectivity index (χ4v) is 6.16. The van der Waals surface area contributed by atoms with E-state index in [9.17, 15) is 18.0 Å². The third-order valence-electron chi connectivity index (χ3n) is 6.74. The summed E-state index contributed by atoms with van der Waals surface area (Å²) in [6, 6.07) is 12.9. The van der Waals surface area contributed by atoms with Gasteiger partial charge in [0.05, 0.1) is 14.9 Å². The van der Waals surface area contributed by atoms with E-state index in [4.69, 9.17) is 23.2 Å². The molecule has 3 rings (SSSR count). The summed E-state index contributed by atoms with van der Waals surface area (Å²) in [5.74, 6) is -0.378. The van der Waals surface area contributed by atoms with Gasteiger partial charge in [0, 0.05) is 32.6 Å². The summed E-state index contributed by atoms with van der Waals surface area (Å²) in [5.41, 5.74) is 0.763. The van der Waals surface area contributed by atoms with E-state index >= 15 is 0 Å². The van der Waals surface area contributed by atoms with Crippen molar-refractivity contribution in [2.75, 3.05) is 13.6 Å². The predicted molar refractivity (Wildman–Crippen MR) is 147 cm³/mol. The van der Waals surface area contributed by atoms with E-state index in [0.29, 0.717) is 22.9 Å².